The fourth-order valence-electron chi connectivity index (χ4n) is 1.23. The molecule has 0 atom stereocenters. The highest BCUT2D eigenvalue weighted by atomic mass is 13.9. The molecule has 0 aromatic heterocycles. The van der Waals surface area contributed by atoms with Crippen LogP contribution in [-0.4, -0.2) is 0 Å². The van der Waals surface area contributed by atoms with Gasteiger partial charge in [0.05, 0.1) is 0 Å². The van der Waals surface area contributed by atoms with Crippen molar-refractivity contribution < 1.29 is 0 Å². The largest absolute Gasteiger partial charge is 0.0845 e. The minimum Gasteiger partial charge on any atom is -0.0845 e. The lowest BCUT2D eigenvalue weighted by Crippen LogP contribution is -1.77. The lowest BCUT2D eigenvalue weighted by molar-refractivity contribution is 0.651. The summed E-state index contributed by atoms with van der Waals surface area (Å²) in [6.45, 7) is 0. The molecular weight excluding hydrogens is 120 g/mol. The van der Waals surface area contributed by atoms with Crippen molar-refractivity contribution >= 4 is 0 Å². The predicted molar refractivity (Wildman–Crippen MR) is 46.0 cm³/mol. The van der Waals surface area contributed by atoms with E-state index in [1.807, 2.05) is 0 Å². The standard InChI is InChI=1S/C10H16/c1-2-4-6-8-10-9-7-5-3-1/h1-4H,5-10H2/b3-1-,4-2?. The van der Waals surface area contributed by atoms with E-state index in [4.69, 9.17) is 0 Å². The first-order valence-electron chi connectivity index (χ1n) is 4.32. The fourth-order valence-corrected chi connectivity index (χ4v) is 1.23. The Morgan fingerprint density at radius 3 is 1.60 bits per heavy atom. The first kappa shape index (κ1) is 7.59. The SMILES string of the molecule is C1=CCCCCCC/C=C\1. The monoisotopic (exact) mass is 136 g/mol. The van der Waals surface area contributed by atoms with Gasteiger partial charge in [0.2, 0.25) is 0 Å². The van der Waals surface area contributed by atoms with E-state index in [0.717, 1.165) is 0 Å². The molecule has 0 heteroatoms. The van der Waals surface area contributed by atoms with Crippen molar-refractivity contribution in [1.29, 1.82) is 0 Å². The molecule has 0 aromatic carbocycles. The minimum absolute atomic E-state index is 1.27. The van der Waals surface area contributed by atoms with Crippen molar-refractivity contribution in [2.45, 2.75) is 38.5 Å². The summed E-state index contributed by atoms with van der Waals surface area (Å²) in [5, 5.41) is 0. The summed E-state index contributed by atoms with van der Waals surface area (Å²) in [6.07, 6.45) is 17.0. The third kappa shape index (κ3) is 3.49. The van der Waals surface area contributed by atoms with Crippen LogP contribution in [0.25, 0.3) is 0 Å². The molecule has 1 rings (SSSR count). The highest BCUT2D eigenvalue weighted by Gasteiger charge is 1.88. The molecule has 0 saturated carbocycles. The van der Waals surface area contributed by atoms with Gasteiger partial charge in [0, 0.05) is 0 Å². The molecule has 0 aromatic rings. The lowest BCUT2D eigenvalue weighted by atomic mass is 10.1. The summed E-state index contributed by atoms with van der Waals surface area (Å²) in [5.74, 6) is 0. The van der Waals surface area contributed by atoms with Gasteiger partial charge < -0.3 is 0 Å². The van der Waals surface area contributed by atoms with Crippen molar-refractivity contribution in [2.24, 2.45) is 0 Å². The van der Waals surface area contributed by atoms with E-state index < -0.39 is 0 Å². The van der Waals surface area contributed by atoms with E-state index in [1.165, 1.54) is 38.5 Å². The molecule has 0 aliphatic heterocycles. The second-order valence-corrected chi connectivity index (χ2v) is 2.85. The van der Waals surface area contributed by atoms with Crippen molar-refractivity contribution in [3.63, 3.8) is 0 Å². The average Bonchev–Trinajstić information content (AvgIpc) is 2.01. The first-order chi connectivity index (χ1) is 5.00. The Bertz CT molecular complexity index is 104. The lowest BCUT2D eigenvalue weighted by Gasteiger charge is -1.97. The number of hydrogen-bond donors (Lipinski definition) is 0. The minimum atomic E-state index is 1.27. The van der Waals surface area contributed by atoms with Gasteiger partial charge in [-0.15, -0.1) is 0 Å². The molecule has 0 spiro atoms. The fraction of sp³-hybridized carbons (Fsp3) is 0.600. The van der Waals surface area contributed by atoms with Gasteiger partial charge in [-0.3, -0.25) is 0 Å². The molecule has 0 N–H and O–H groups in total. The van der Waals surface area contributed by atoms with Crippen LogP contribution < -0.4 is 0 Å². The van der Waals surface area contributed by atoms with Crippen molar-refractivity contribution in [3.8, 4) is 0 Å². The highest BCUT2D eigenvalue weighted by molar-refractivity contribution is 5.02. The zero-order chi connectivity index (χ0) is 7.07. The predicted octanol–water partition coefficient (Wildman–Crippen LogP) is 3.45. The Hall–Kier alpha value is -0.520. The Balaban J connectivity index is 2.26. The molecule has 0 amide bonds. The smallest absolute Gasteiger partial charge is 0.0348 e. The Kier molecular flexibility index (Phi) is 4.00. The van der Waals surface area contributed by atoms with Crippen LogP contribution in [0.3, 0.4) is 0 Å². The van der Waals surface area contributed by atoms with E-state index >= 15 is 0 Å². The normalized spacial score (nSPS) is 24.0. The van der Waals surface area contributed by atoms with Crippen LogP contribution in [0.4, 0.5) is 0 Å². The average molecular weight is 136 g/mol. The number of hydrogen-bond acceptors (Lipinski definition) is 0. The molecule has 0 bridgehead atoms. The molecule has 56 valence electrons. The van der Waals surface area contributed by atoms with Gasteiger partial charge in [0.15, 0.2) is 0 Å². The zero-order valence-electron chi connectivity index (χ0n) is 6.55. The van der Waals surface area contributed by atoms with Crippen LogP contribution in [0.1, 0.15) is 38.5 Å². The third-order valence-electron chi connectivity index (χ3n) is 1.87. The molecule has 0 heterocycles. The van der Waals surface area contributed by atoms with Crippen LogP contribution in [0.15, 0.2) is 24.3 Å². The van der Waals surface area contributed by atoms with Gasteiger partial charge in [-0.05, 0) is 25.7 Å². The van der Waals surface area contributed by atoms with Gasteiger partial charge in [-0.25, -0.2) is 0 Å². The summed E-state index contributed by atoms with van der Waals surface area (Å²) >= 11 is 0. The maximum Gasteiger partial charge on any atom is -0.0348 e. The van der Waals surface area contributed by atoms with E-state index in [0.29, 0.717) is 0 Å². The van der Waals surface area contributed by atoms with Crippen LogP contribution in [-0.2, 0) is 0 Å². The summed E-state index contributed by atoms with van der Waals surface area (Å²) < 4.78 is 0. The zero-order valence-corrected chi connectivity index (χ0v) is 6.55. The summed E-state index contributed by atoms with van der Waals surface area (Å²) in [5.41, 5.74) is 0. The molecule has 0 fully saturated rings. The van der Waals surface area contributed by atoms with Gasteiger partial charge in [-0.2, -0.15) is 0 Å². The van der Waals surface area contributed by atoms with Crippen LogP contribution in [0.2, 0.25) is 0 Å². The molecular formula is C10H16. The molecule has 10 heavy (non-hydrogen) atoms. The third-order valence-corrected chi connectivity index (χ3v) is 1.87. The molecule has 0 saturated heterocycles. The van der Waals surface area contributed by atoms with Gasteiger partial charge in [-0.1, -0.05) is 37.1 Å². The van der Waals surface area contributed by atoms with Crippen molar-refractivity contribution in [3.05, 3.63) is 24.3 Å². The molecule has 0 radical (unpaired) electrons. The maximum absolute atomic E-state index is 2.27. The Morgan fingerprint density at radius 1 is 0.600 bits per heavy atom. The Labute approximate surface area is 63.6 Å². The van der Waals surface area contributed by atoms with Crippen LogP contribution in [0.5, 0.6) is 0 Å². The van der Waals surface area contributed by atoms with E-state index in [1.54, 1.807) is 0 Å². The van der Waals surface area contributed by atoms with Crippen molar-refractivity contribution in [1.82, 2.24) is 0 Å². The second kappa shape index (κ2) is 5.28. The van der Waals surface area contributed by atoms with Crippen LogP contribution in [0, 0.1) is 0 Å². The topological polar surface area (TPSA) is 0 Å². The highest BCUT2D eigenvalue weighted by Crippen LogP contribution is 2.07. The number of rotatable bonds is 0. The van der Waals surface area contributed by atoms with E-state index in [9.17, 15) is 0 Å². The molecule has 0 unspecified atom stereocenters. The summed E-state index contributed by atoms with van der Waals surface area (Å²) in [4.78, 5) is 0. The van der Waals surface area contributed by atoms with E-state index in [2.05, 4.69) is 24.3 Å². The maximum atomic E-state index is 2.27. The molecule has 1 aliphatic carbocycles. The first-order valence-corrected chi connectivity index (χ1v) is 4.32. The van der Waals surface area contributed by atoms with Crippen molar-refractivity contribution in [2.75, 3.05) is 0 Å². The van der Waals surface area contributed by atoms with Crippen LogP contribution >= 0.6 is 0 Å². The quantitative estimate of drug-likeness (QED) is 0.478. The van der Waals surface area contributed by atoms with Gasteiger partial charge >= 0.3 is 0 Å². The number of allylic oxidation sites excluding steroid dienone is 4. The van der Waals surface area contributed by atoms with E-state index in [-0.39, 0.29) is 0 Å². The molecule has 0 nitrogen and oxygen atoms in total. The van der Waals surface area contributed by atoms with Gasteiger partial charge in [0.25, 0.3) is 0 Å². The Morgan fingerprint density at radius 2 is 1.10 bits per heavy atom. The second-order valence-electron chi connectivity index (χ2n) is 2.85. The summed E-state index contributed by atoms with van der Waals surface area (Å²) in [7, 11) is 0. The molecule has 1 aliphatic rings. The summed E-state index contributed by atoms with van der Waals surface area (Å²) in [6, 6.07) is 0. The van der Waals surface area contributed by atoms with Gasteiger partial charge in [0.1, 0.15) is 0 Å².